The molecule has 0 aromatic rings. The second-order valence-corrected chi connectivity index (χ2v) is 5.75. The molecule has 0 N–H and O–H groups in total. The molecule has 0 radical (unpaired) electrons. The van der Waals surface area contributed by atoms with Gasteiger partial charge in [0.25, 0.3) is 0 Å². The van der Waals surface area contributed by atoms with Crippen molar-refractivity contribution in [1.82, 2.24) is 0 Å². The Morgan fingerprint density at radius 2 is 1.87 bits per heavy atom. The van der Waals surface area contributed by atoms with Crippen LogP contribution in [-0.4, -0.2) is 0 Å². The fourth-order valence-corrected chi connectivity index (χ4v) is 3.44. The molecule has 1 saturated carbocycles. The molecule has 0 amide bonds. The van der Waals surface area contributed by atoms with Crippen LogP contribution in [0, 0.1) is 17.3 Å². The lowest BCUT2D eigenvalue weighted by atomic mass is 9.87. The summed E-state index contributed by atoms with van der Waals surface area (Å²) in [6.07, 6.45) is 11.6. The Hall–Kier alpha value is 0. The summed E-state index contributed by atoms with van der Waals surface area (Å²) >= 11 is 0. The van der Waals surface area contributed by atoms with E-state index in [9.17, 15) is 0 Å². The van der Waals surface area contributed by atoms with Gasteiger partial charge in [0, 0.05) is 0 Å². The molecule has 0 aromatic carbocycles. The lowest BCUT2D eigenvalue weighted by Crippen LogP contribution is -2.08. The maximum Gasteiger partial charge on any atom is -0.0266 e. The summed E-state index contributed by atoms with van der Waals surface area (Å²) in [5.74, 6) is 2.05. The van der Waals surface area contributed by atoms with E-state index in [0.717, 1.165) is 17.3 Å². The molecule has 0 aliphatic heterocycles. The van der Waals surface area contributed by atoms with E-state index in [4.69, 9.17) is 0 Å². The van der Waals surface area contributed by atoms with E-state index >= 15 is 0 Å². The summed E-state index contributed by atoms with van der Waals surface area (Å²) in [5.41, 5.74) is 0.782. The number of hydrogen-bond acceptors (Lipinski definition) is 0. The van der Waals surface area contributed by atoms with Crippen LogP contribution < -0.4 is 0 Å². The van der Waals surface area contributed by atoms with Crippen LogP contribution >= 0.6 is 0 Å². The molecule has 15 heavy (non-hydrogen) atoms. The summed E-state index contributed by atoms with van der Waals surface area (Å²) in [6, 6.07) is 0. The monoisotopic (exact) mass is 210 g/mol. The van der Waals surface area contributed by atoms with Crippen molar-refractivity contribution in [3.8, 4) is 0 Å². The van der Waals surface area contributed by atoms with Crippen LogP contribution in [0.25, 0.3) is 0 Å². The van der Waals surface area contributed by atoms with Crippen LogP contribution in [0.1, 0.15) is 79.1 Å². The Morgan fingerprint density at radius 1 is 1.13 bits per heavy atom. The molecule has 1 rings (SSSR count). The fraction of sp³-hybridized carbons (Fsp3) is 1.00. The summed E-state index contributed by atoms with van der Waals surface area (Å²) in [7, 11) is 0. The van der Waals surface area contributed by atoms with Crippen LogP contribution in [0.5, 0.6) is 0 Å². The van der Waals surface area contributed by atoms with Gasteiger partial charge in [0.05, 0.1) is 0 Å². The van der Waals surface area contributed by atoms with Crippen molar-refractivity contribution in [1.29, 1.82) is 0 Å². The van der Waals surface area contributed by atoms with Gasteiger partial charge in [-0.1, -0.05) is 66.2 Å². The van der Waals surface area contributed by atoms with Gasteiger partial charge in [-0.2, -0.15) is 0 Å². The van der Waals surface area contributed by atoms with Gasteiger partial charge in [-0.05, 0) is 30.1 Å². The molecule has 1 aliphatic rings. The van der Waals surface area contributed by atoms with E-state index in [2.05, 4.69) is 27.7 Å². The smallest absolute Gasteiger partial charge is 0.0266 e. The summed E-state index contributed by atoms with van der Waals surface area (Å²) < 4.78 is 0. The summed E-state index contributed by atoms with van der Waals surface area (Å²) in [6.45, 7) is 9.52. The van der Waals surface area contributed by atoms with Crippen molar-refractivity contribution < 1.29 is 0 Å². The Bertz CT molecular complexity index is 173. The highest BCUT2D eigenvalue weighted by molar-refractivity contribution is 5.02. The molecule has 0 heteroatoms. The first kappa shape index (κ1) is 13.1. The first-order chi connectivity index (χ1) is 7.20. The minimum atomic E-state index is 0.782. The summed E-state index contributed by atoms with van der Waals surface area (Å²) in [5, 5.41) is 0. The summed E-state index contributed by atoms with van der Waals surface area (Å²) in [4.78, 5) is 0. The fourth-order valence-electron chi connectivity index (χ4n) is 3.44. The third-order valence-electron chi connectivity index (χ3n) is 4.67. The molecular weight excluding hydrogens is 180 g/mol. The Kier molecular flexibility index (Phi) is 5.15. The van der Waals surface area contributed by atoms with Gasteiger partial charge in [0.2, 0.25) is 0 Å². The number of unbranched alkanes of at least 4 members (excludes halogenated alkanes) is 2. The van der Waals surface area contributed by atoms with Gasteiger partial charge in [0.15, 0.2) is 0 Å². The van der Waals surface area contributed by atoms with Crippen LogP contribution in [0.3, 0.4) is 0 Å². The number of hydrogen-bond donors (Lipinski definition) is 0. The van der Waals surface area contributed by atoms with Crippen molar-refractivity contribution in [2.75, 3.05) is 0 Å². The van der Waals surface area contributed by atoms with E-state index in [1.165, 1.54) is 51.4 Å². The zero-order chi connectivity index (χ0) is 11.3. The van der Waals surface area contributed by atoms with Crippen molar-refractivity contribution in [3.05, 3.63) is 0 Å². The predicted octanol–water partition coefficient (Wildman–Crippen LogP) is 5.42. The van der Waals surface area contributed by atoms with Crippen LogP contribution in [0.2, 0.25) is 0 Å². The number of rotatable bonds is 8. The van der Waals surface area contributed by atoms with E-state index < -0.39 is 0 Å². The largest absolute Gasteiger partial charge is 0.0654 e. The van der Waals surface area contributed by atoms with Crippen molar-refractivity contribution >= 4 is 0 Å². The van der Waals surface area contributed by atoms with Gasteiger partial charge in [-0.15, -0.1) is 0 Å². The normalized spacial score (nSPS) is 31.6. The molecule has 0 saturated heterocycles. The van der Waals surface area contributed by atoms with Crippen LogP contribution in [0.15, 0.2) is 0 Å². The highest BCUT2D eigenvalue weighted by Gasteiger charge is 2.53. The molecule has 0 nitrogen and oxygen atoms in total. The maximum atomic E-state index is 2.48. The van der Waals surface area contributed by atoms with E-state index in [1.54, 1.807) is 0 Å². The van der Waals surface area contributed by atoms with E-state index in [1.807, 2.05) is 0 Å². The Labute approximate surface area is 96.8 Å². The van der Waals surface area contributed by atoms with Gasteiger partial charge in [0.1, 0.15) is 0 Å². The lowest BCUT2D eigenvalue weighted by Gasteiger charge is -2.18. The average molecular weight is 210 g/mol. The molecule has 0 heterocycles. The van der Waals surface area contributed by atoms with Gasteiger partial charge < -0.3 is 0 Å². The SMILES string of the molecule is CCCCCC1(CC)CC1C(C)CCC. The van der Waals surface area contributed by atoms with Crippen LogP contribution in [0.4, 0.5) is 0 Å². The molecule has 3 unspecified atom stereocenters. The minimum Gasteiger partial charge on any atom is -0.0654 e. The van der Waals surface area contributed by atoms with E-state index in [-0.39, 0.29) is 0 Å². The lowest BCUT2D eigenvalue weighted by molar-refractivity contribution is 0.321. The van der Waals surface area contributed by atoms with Crippen LogP contribution in [-0.2, 0) is 0 Å². The maximum absolute atomic E-state index is 2.48. The molecular formula is C15H30. The zero-order valence-corrected chi connectivity index (χ0v) is 11.3. The molecule has 3 atom stereocenters. The van der Waals surface area contributed by atoms with Gasteiger partial charge in [-0.25, -0.2) is 0 Å². The predicted molar refractivity (Wildman–Crippen MR) is 69.0 cm³/mol. The quantitative estimate of drug-likeness (QED) is 0.469. The molecule has 0 aromatic heterocycles. The van der Waals surface area contributed by atoms with Gasteiger partial charge in [-0.3, -0.25) is 0 Å². The molecule has 90 valence electrons. The van der Waals surface area contributed by atoms with Crippen molar-refractivity contribution in [3.63, 3.8) is 0 Å². The van der Waals surface area contributed by atoms with Crippen molar-refractivity contribution in [2.45, 2.75) is 79.1 Å². The molecule has 0 spiro atoms. The Morgan fingerprint density at radius 3 is 2.40 bits per heavy atom. The third-order valence-corrected chi connectivity index (χ3v) is 4.67. The first-order valence-corrected chi connectivity index (χ1v) is 7.20. The van der Waals surface area contributed by atoms with E-state index in [0.29, 0.717) is 0 Å². The average Bonchev–Trinajstić information content (AvgIpc) is 2.94. The molecule has 0 bridgehead atoms. The second-order valence-electron chi connectivity index (χ2n) is 5.75. The third kappa shape index (κ3) is 3.23. The zero-order valence-electron chi connectivity index (χ0n) is 11.3. The minimum absolute atomic E-state index is 0.782. The standard InChI is InChI=1S/C15H30/c1-5-8-9-11-15(7-3)12-14(15)13(4)10-6-2/h13-14H,5-12H2,1-4H3. The Balaban J connectivity index is 2.32. The molecule has 1 aliphatic carbocycles. The topological polar surface area (TPSA) is 0 Å². The molecule has 1 fully saturated rings. The van der Waals surface area contributed by atoms with Gasteiger partial charge >= 0.3 is 0 Å². The highest BCUT2D eigenvalue weighted by atomic mass is 14.6. The highest BCUT2D eigenvalue weighted by Crippen LogP contribution is 2.62. The first-order valence-electron chi connectivity index (χ1n) is 7.20. The van der Waals surface area contributed by atoms with Crippen molar-refractivity contribution in [2.24, 2.45) is 17.3 Å². The second kappa shape index (κ2) is 5.92.